The predicted octanol–water partition coefficient (Wildman–Crippen LogP) is 4.97. The molecule has 0 spiro atoms. The zero-order valence-electron chi connectivity index (χ0n) is 23.7. The summed E-state index contributed by atoms with van der Waals surface area (Å²) < 4.78 is 5.07. The summed E-state index contributed by atoms with van der Waals surface area (Å²) >= 11 is 16.8. The highest BCUT2D eigenvalue weighted by Gasteiger charge is 2.29. The number of carbonyl (C=O) groups excluding carboxylic acids is 3. The molecule has 0 saturated heterocycles. The van der Waals surface area contributed by atoms with Crippen molar-refractivity contribution in [3.63, 3.8) is 0 Å². The van der Waals surface area contributed by atoms with Gasteiger partial charge in [-0.3, -0.25) is 19.6 Å². The highest BCUT2D eigenvalue weighted by atomic mass is 35.6. The van der Waals surface area contributed by atoms with E-state index >= 15 is 0 Å². The number of ether oxygens (including phenoxy) is 1. The summed E-state index contributed by atoms with van der Waals surface area (Å²) in [5, 5.41) is 10.2. The van der Waals surface area contributed by atoms with Crippen molar-refractivity contribution < 1.29 is 19.1 Å². The van der Waals surface area contributed by atoms with Crippen LogP contribution in [0.15, 0.2) is 42.6 Å². The molecular formula is C28H32Cl3N7O4. The zero-order valence-corrected chi connectivity index (χ0v) is 25.9. The van der Waals surface area contributed by atoms with Crippen molar-refractivity contribution in [1.82, 2.24) is 25.0 Å². The number of aromatic nitrogens is 3. The van der Waals surface area contributed by atoms with Gasteiger partial charge in [0.25, 0.3) is 11.8 Å². The van der Waals surface area contributed by atoms with Crippen molar-refractivity contribution in [2.45, 2.75) is 43.2 Å². The van der Waals surface area contributed by atoms with Gasteiger partial charge in [-0.05, 0) is 43.7 Å². The van der Waals surface area contributed by atoms with E-state index in [4.69, 9.17) is 39.5 Å². The molecule has 14 heteroatoms. The number of halogens is 3. The normalized spacial score (nSPS) is 13.0. The van der Waals surface area contributed by atoms with Crippen LogP contribution in [-0.2, 0) is 24.2 Å². The summed E-state index contributed by atoms with van der Waals surface area (Å²) in [5.41, 5.74) is 4.07. The second-order valence-electron chi connectivity index (χ2n) is 10.3. The number of hydrogen-bond donors (Lipinski definition) is 2. The topological polar surface area (TPSA) is 122 Å². The number of benzene rings is 1. The summed E-state index contributed by atoms with van der Waals surface area (Å²) in [6.07, 6.45) is 1.52. The van der Waals surface area contributed by atoms with Crippen LogP contribution >= 0.6 is 34.8 Å². The number of rotatable bonds is 8. The highest BCUT2D eigenvalue weighted by Crippen LogP contribution is 2.28. The third kappa shape index (κ3) is 7.84. The Morgan fingerprint density at radius 3 is 2.40 bits per heavy atom. The fourth-order valence-corrected chi connectivity index (χ4v) is 4.65. The minimum Gasteiger partial charge on any atom is -0.445 e. The second-order valence-corrected chi connectivity index (χ2v) is 12.8. The standard InChI is InChI=1S/C28H32Cl3N7O4/c1-17(2)38-22-11-12-37(23-10-7-19(14-32-23)26(40)36(3)4)15-21(22)24(35-38)25(39)33-13-18-5-8-20(9-6-18)34-27(41)42-16-28(29,30)31/h5-10,14,17H,11-13,15-16H2,1-4H3,(H,33,39)(H,34,41). The first-order chi connectivity index (χ1) is 19.8. The molecule has 1 aromatic carbocycles. The van der Waals surface area contributed by atoms with Gasteiger partial charge in [0.05, 0.1) is 5.56 Å². The third-order valence-electron chi connectivity index (χ3n) is 6.54. The van der Waals surface area contributed by atoms with Gasteiger partial charge in [-0.2, -0.15) is 5.10 Å². The van der Waals surface area contributed by atoms with E-state index in [-0.39, 0.29) is 31.0 Å². The summed E-state index contributed by atoms with van der Waals surface area (Å²) in [7, 11) is 3.40. The molecule has 0 bridgehead atoms. The maximum absolute atomic E-state index is 13.3. The number of amides is 3. The Balaban J connectivity index is 1.42. The van der Waals surface area contributed by atoms with Crippen molar-refractivity contribution >= 4 is 64.2 Å². The molecule has 0 fully saturated rings. The first-order valence-corrected chi connectivity index (χ1v) is 14.4. The van der Waals surface area contributed by atoms with E-state index in [1.807, 2.05) is 24.6 Å². The fourth-order valence-electron chi connectivity index (χ4n) is 4.48. The molecular weight excluding hydrogens is 605 g/mol. The number of hydrogen-bond acceptors (Lipinski definition) is 7. The lowest BCUT2D eigenvalue weighted by Crippen LogP contribution is -2.33. The largest absolute Gasteiger partial charge is 0.445 e. The van der Waals surface area contributed by atoms with Gasteiger partial charge < -0.3 is 19.9 Å². The molecule has 11 nitrogen and oxygen atoms in total. The molecule has 0 atom stereocenters. The van der Waals surface area contributed by atoms with E-state index in [0.29, 0.717) is 36.5 Å². The van der Waals surface area contributed by atoms with Crippen LogP contribution in [-0.4, -0.2) is 68.6 Å². The van der Waals surface area contributed by atoms with E-state index in [1.54, 1.807) is 50.6 Å². The van der Waals surface area contributed by atoms with Crippen molar-refractivity contribution in [3.05, 3.63) is 70.7 Å². The van der Waals surface area contributed by atoms with Crippen LogP contribution in [0.3, 0.4) is 0 Å². The lowest BCUT2D eigenvalue weighted by atomic mass is 10.0. The lowest BCUT2D eigenvalue weighted by Gasteiger charge is -2.29. The molecule has 224 valence electrons. The molecule has 1 aliphatic heterocycles. The average Bonchev–Trinajstić information content (AvgIpc) is 3.34. The Labute approximate surface area is 259 Å². The van der Waals surface area contributed by atoms with Gasteiger partial charge in [-0.1, -0.05) is 46.9 Å². The minimum atomic E-state index is -1.70. The SMILES string of the molecule is CC(C)n1nc(C(=O)NCc2ccc(NC(=O)OCC(Cl)(Cl)Cl)cc2)c2c1CCN(c1ccc(C(=O)N(C)C)cn1)C2. The van der Waals surface area contributed by atoms with Crippen LogP contribution in [0.1, 0.15) is 57.6 Å². The molecule has 3 amide bonds. The van der Waals surface area contributed by atoms with Gasteiger partial charge >= 0.3 is 6.09 Å². The number of nitrogens with zero attached hydrogens (tertiary/aromatic N) is 5. The molecule has 4 rings (SSSR count). The molecule has 3 heterocycles. The Morgan fingerprint density at radius 2 is 1.81 bits per heavy atom. The van der Waals surface area contributed by atoms with Crippen molar-refractivity contribution in [3.8, 4) is 0 Å². The number of fused-ring (bicyclic) bond motifs is 1. The molecule has 2 N–H and O–H groups in total. The van der Waals surface area contributed by atoms with Crippen LogP contribution in [0, 0.1) is 0 Å². The number of carbonyl (C=O) groups is 3. The first-order valence-electron chi connectivity index (χ1n) is 13.2. The lowest BCUT2D eigenvalue weighted by molar-refractivity contribution is 0.0826. The smallest absolute Gasteiger partial charge is 0.411 e. The Bertz CT molecular complexity index is 1440. The minimum absolute atomic E-state index is 0.0859. The molecule has 0 radical (unpaired) electrons. The number of alkyl halides is 3. The van der Waals surface area contributed by atoms with Gasteiger partial charge in [0.2, 0.25) is 3.79 Å². The molecule has 1 aliphatic rings. The Kier molecular flexibility index (Phi) is 9.85. The monoisotopic (exact) mass is 635 g/mol. The van der Waals surface area contributed by atoms with Crippen LogP contribution < -0.4 is 15.5 Å². The quantitative estimate of drug-likeness (QED) is 0.335. The second kappa shape index (κ2) is 13.2. The summed E-state index contributed by atoms with van der Waals surface area (Å²) in [6.45, 7) is 5.11. The van der Waals surface area contributed by atoms with E-state index in [1.165, 1.54) is 4.90 Å². The fraction of sp³-hybridized carbons (Fsp3) is 0.393. The van der Waals surface area contributed by atoms with E-state index < -0.39 is 9.89 Å². The van der Waals surface area contributed by atoms with Gasteiger partial charge in [0.1, 0.15) is 12.4 Å². The van der Waals surface area contributed by atoms with E-state index in [2.05, 4.69) is 25.6 Å². The Hall–Kier alpha value is -3.54. The summed E-state index contributed by atoms with van der Waals surface area (Å²) in [6, 6.07) is 10.6. The molecule has 2 aromatic heterocycles. The molecule has 0 saturated carbocycles. The van der Waals surface area contributed by atoms with Gasteiger partial charge in [-0.25, -0.2) is 9.78 Å². The molecule has 42 heavy (non-hydrogen) atoms. The summed E-state index contributed by atoms with van der Waals surface area (Å²) in [5.74, 6) is 0.326. The molecule has 0 aliphatic carbocycles. The van der Waals surface area contributed by atoms with Crippen molar-refractivity contribution in [2.24, 2.45) is 0 Å². The Morgan fingerprint density at radius 1 is 1.10 bits per heavy atom. The highest BCUT2D eigenvalue weighted by molar-refractivity contribution is 6.67. The van der Waals surface area contributed by atoms with Crippen LogP contribution in [0.4, 0.5) is 16.3 Å². The first kappa shape index (κ1) is 31.4. The average molecular weight is 637 g/mol. The van der Waals surface area contributed by atoms with Gasteiger partial charge in [0, 0.05) is 69.3 Å². The molecule has 3 aromatic rings. The van der Waals surface area contributed by atoms with Crippen LogP contribution in [0.5, 0.6) is 0 Å². The van der Waals surface area contributed by atoms with Crippen molar-refractivity contribution in [1.29, 1.82) is 0 Å². The number of nitrogens with one attached hydrogen (secondary N) is 2. The van der Waals surface area contributed by atoms with E-state index in [9.17, 15) is 14.4 Å². The number of pyridine rings is 1. The number of anilines is 2. The maximum Gasteiger partial charge on any atom is 0.411 e. The van der Waals surface area contributed by atoms with Crippen molar-refractivity contribution in [2.75, 3.05) is 37.5 Å². The van der Waals surface area contributed by atoms with Gasteiger partial charge in [-0.15, -0.1) is 0 Å². The van der Waals surface area contributed by atoms with Crippen LogP contribution in [0.25, 0.3) is 0 Å². The van der Waals surface area contributed by atoms with E-state index in [0.717, 1.165) is 22.6 Å². The van der Waals surface area contributed by atoms with Crippen LogP contribution in [0.2, 0.25) is 0 Å². The third-order valence-corrected chi connectivity index (χ3v) is 6.86. The zero-order chi connectivity index (χ0) is 30.6. The summed E-state index contributed by atoms with van der Waals surface area (Å²) in [4.78, 5) is 45.6. The van der Waals surface area contributed by atoms with Gasteiger partial charge in [0.15, 0.2) is 5.69 Å². The maximum atomic E-state index is 13.3. The molecule has 0 unspecified atom stereocenters. The predicted molar refractivity (Wildman–Crippen MR) is 162 cm³/mol.